The number of carbonyl (C=O) groups is 2. The zero-order chi connectivity index (χ0) is 32.9. The topological polar surface area (TPSA) is 117 Å². The molecule has 0 aromatic rings. The molecule has 11 heteroatoms. The monoisotopic (exact) mass is 650 g/mol. The molecular weight excluding hydrogens is 584 g/mol. The number of esters is 2. The van der Waals surface area contributed by atoms with Crippen LogP contribution >= 0.6 is 0 Å². The molecule has 0 N–H and O–H groups in total. The molecule has 0 aliphatic heterocycles. The van der Waals surface area contributed by atoms with Gasteiger partial charge in [0.15, 0.2) is 0 Å². The van der Waals surface area contributed by atoms with Crippen molar-refractivity contribution in [1.29, 1.82) is 0 Å². The standard InChI is InChI=1S/C34H66O11/c1-4-7-9-10-11-12-13-15-33(35)44-30-28-42-26-24-40-22-20-38-18-16-37-17-19-39-21-23-41-25-27-43-29-31-45-34(36)32(6-3)14-8-5-2/h32H,4-31H2,1-3H3. The number of ether oxygens (including phenoxy) is 9. The van der Waals surface area contributed by atoms with Gasteiger partial charge in [-0.25, -0.2) is 0 Å². The number of hydrogen-bond acceptors (Lipinski definition) is 11. The minimum atomic E-state index is -0.142. The number of carbonyl (C=O) groups excluding carboxylic acids is 2. The predicted molar refractivity (Wildman–Crippen MR) is 174 cm³/mol. The lowest BCUT2D eigenvalue weighted by molar-refractivity contribution is -0.150. The first-order valence-corrected chi connectivity index (χ1v) is 17.5. The highest BCUT2D eigenvalue weighted by Crippen LogP contribution is 2.14. The van der Waals surface area contributed by atoms with E-state index >= 15 is 0 Å². The third-order valence-corrected chi connectivity index (χ3v) is 6.91. The molecule has 1 unspecified atom stereocenters. The molecular formula is C34H66O11. The van der Waals surface area contributed by atoms with Crippen LogP contribution in [0.3, 0.4) is 0 Å². The van der Waals surface area contributed by atoms with Gasteiger partial charge in [-0.2, -0.15) is 0 Å². The molecule has 0 saturated heterocycles. The minimum Gasteiger partial charge on any atom is -0.463 e. The Morgan fingerprint density at radius 3 is 1.18 bits per heavy atom. The van der Waals surface area contributed by atoms with Crippen LogP contribution in [0.5, 0.6) is 0 Å². The van der Waals surface area contributed by atoms with Crippen LogP contribution in [0.25, 0.3) is 0 Å². The molecule has 268 valence electrons. The molecule has 0 amide bonds. The van der Waals surface area contributed by atoms with Crippen LogP contribution in [0.15, 0.2) is 0 Å². The molecule has 0 rings (SSSR count). The normalized spacial score (nSPS) is 12.0. The second-order valence-electron chi connectivity index (χ2n) is 10.8. The van der Waals surface area contributed by atoms with E-state index in [1.807, 2.05) is 6.92 Å². The van der Waals surface area contributed by atoms with Gasteiger partial charge >= 0.3 is 11.9 Å². The zero-order valence-corrected chi connectivity index (χ0v) is 28.9. The number of rotatable bonds is 37. The van der Waals surface area contributed by atoms with E-state index in [9.17, 15) is 9.59 Å². The van der Waals surface area contributed by atoms with Gasteiger partial charge in [0.25, 0.3) is 0 Å². The van der Waals surface area contributed by atoms with Gasteiger partial charge in [0.05, 0.1) is 98.4 Å². The Hall–Kier alpha value is -1.34. The maximum absolute atomic E-state index is 12.0. The average Bonchev–Trinajstić information content (AvgIpc) is 3.04. The first-order valence-electron chi connectivity index (χ1n) is 17.5. The van der Waals surface area contributed by atoms with E-state index in [2.05, 4.69) is 13.8 Å². The van der Waals surface area contributed by atoms with Gasteiger partial charge in [-0.3, -0.25) is 9.59 Å². The summed E-state index contributed by atoms with van der Waals surface area (Å²) in [5.74, 6) is -0.266. The smallest absolute Gasteiger partial charge is 0.308 e. The van der Waals surface area contributed by atoms with E-state index in [4.69, 9.17) is 42.6 Å². The summed E-state index contributed by atoms with van der Waals surface area (Å²) in [6.07, 6.45) is 12.6. The van der Waals surface area contributed by atoms with Gasteiger partial charge in [0, 0.05) is 6.42 Å². The first-order chi connectivity index (χ1) is 22.2. The summed E-state index contributed by atoms with van der Waals surface area (Å²) in [7, 11) is 0. The highest BCUT2D eigenvalue weighted by Gasteiger charge is 2.16. The van der Waals surface area contributed by atoms with E-state index in [1.165, 1.54) is 32.1 Å². The van der Waals surface area contributed by atoms with Crippen LogP contribution in [0.4, 0.5) is 0 Å². The van der Waals surface area contributed by atoms with Crippen LogP contribution in [-0.4, -0.2) is 118 Å². The fraction of sp³-hybridized carbons (Fsp3) is 0.941. The lowest BCUT2D eigenvalue weighted by Crippen LogP contribution is -2.20. The van der Waals surface area contributed by atoms with E-state index in [1.54, 1.807) is 0 Å². The molecule has 0 aromatic carbocycles. The van der Waals surface area contributed by atoms with Gasteiger partial charge in [0.2, 0.25) is 0 Å². The minimum absolute atomic E-state index is 0.00350. The maximum atomic E-state index is 12.0. The summed E-state index contributed by atoms with van der Waals surface area (Å²) in [6, 6.07) is 0. The second-order valence-corrected chi connectivity index (χ2v) is 10.8. The molecule has 0 spiro atoms. The molecule has 45 heavy (non-hydrogen) atoms. The first kappa shape index (κ1) is 43.7. The van der Waals surface area contributed by atoms with Gasteiger partial charge in [-0.15, -0.1) is 0 Å². The molecule has 0 fully saturated rings. The third-order valence-electron chi connectivity index (χ3n) is 6.91. The van der Waals surface area contributed by atoms with Crippen molar-refractivity contribution in [2.24, 2.45) is 5.92 Å². The summed E-state index contributed by atoms with van der Waals surface area (Å²) in [5.41, 5.74) is 0. The SMILES string of the molecule is CCCCCCCCCC(=O)OCCOCCOCCOCCOCCOCCOCCOCCOC(=O)C(CC)CCCC. The van der Waals surface area contributed by atoms with E-state index in [-0.39, 0.29) is 31.1 Å². The third kappa shape index (κ3) is 33.8. The van der Waals surface area contributed by atoms with Gasteiger partial charge < -0.3 is 42.6 Å². The van der Waals surface area contributed by atoms with Crippen LogP contribution < -0.4 is 0 Å². The summed E-state index contributed by atoms with van der Waals surface area (Å²) in [4.78, 5) is 23.7. The predicted octanol–water partition coefficient (Wildman–Crippen LogP) is 5.55. The van der Waals surface area contributed by atoms with Crippen molar-refractivity contribution in [2.45, 2.75) is 97.8 Å². The van der Waals surface area contributed by atoms with E-state index in [0.717, 1.165) is 38.5 Å². The molecule has 0 bridgehead atoms. The Bertz CT molecular complexity index is 621. The van der Waals surface area contributed by atoms with E-state index < -0.39 is 0 Å². The second kappa shape index (κ2) is 37.1. The Morgan fingerprint density at radius 1 is 0.422 bits per heavy atom. The van der Waals surface area contributed by atoms with Crippen molar-refractivity contribution in [3.8, 4) is 0 Å². The molecule has 0 radical (unpaired) electrons. The van der Waals surface area contributed by atoms with Crippen molar-refractivity contribution in [1.82, 2.24) is 0 Å². The summed E-state index contributed by atoms with van der Waals surface area (Å²) in [5, 5.41) is 0. The van der Waals surface area contributed by atoms with Gasteiger partial charge in [-0.1, -0.05) is 72.1 Å². The van der Waals surface area contributed by atoms with Crippen LogP contribution in [0.1, 0.15) is 97.8 Å². The van der Waals surface area contributed by atoms with Gasteiger partial charge in [-0.05, 0) is 19.3 Å². The van der Waals surface area contributed by atoms with E-state index in [0.29, 0.717) is 98.9 Å². The van der Waals surface area contributed by atoms with Gasteiger partial charge in [0.1, 0.15) is 13.2 Å². The zero-order valence-electron chi connectivity index (χ0n) is 28.9. The maximum Gasteiger partial charge on any atom is 0.308 e. The summed E-state index contributed by atoms with van der Waals surface area (Å²) < 4.78 is 48.7. The lowest BCUT2D eigenvalue weighted by atomic mass is 10.00. The summed E-state index contributed by atoms with van der Waals surface area (Å²) in [6.45, 7) is 13.4. The molecule has 11 nitrogen and oxygen atoms in total. The fourth-order valence-corrected chi connectivity index (χ4v) is 4.19. The summed E-state index contributed by atoms with van der Waals surface area (Å²) >= 11 is 0. The Labute approximate surface area is 273 Å². The molecule has 0 heterocycles. The van der Waals surface area contributed by atoms with Crippen molar-refractivity contribution in [3.05, 3.63) is 0 Å². The van der Waals surface area contributed by atoms with Crippen LogP contribution in [-0.2, 0) is 52.2 Å². The van der Waals surface area contributed by atoms with Crippen molar-refractivity contribution in [2.75, 3.05) is 106 Å². The molecule has 0 aliphatic carbocycles. The van der Waals surface area contributed by atoms with Crippen molar-refractivity contribution in [3.63, 3.8) is 0 Å². The van der Waals surface area contributed by atoms with Crippen LogP contribution in [0, 0.1) is 5.92 Å². The number of unbranched alkanes of at least 4 members (excludes halogenated alkanes) is 7. The van der Waals surface area contributed by atoms with Crippen molar-refractivity contribution < 1.29 is 52.2 Å². The Morgan fingerprint density at radius 2 is 0.778 bits per heavy atom. The van der Waals surface area contributed by atoms with Crippen LogP contribution in [0.2, 0.25) is 0 Å². The van der Waals surface area contributed by atoms with Crippen molar-refractivity contribution >= 4 is 11.9 Å². The Kier molecular flexibility index (Phi) is 36.0. The highest BCUT2D eigenvalue weighted by molar-refractivity contribution is 5.72. The molecule has 0 aliphatic rings. The molecule has 0 aromatic heterocycles. The lowest BCUT2D eigenvalue weighted by Gasteiger charge is -2.13. The largest absolute Gasteiger partial charge is 0.463 e. The number of hydrogen-bond donors (Lipinski definition) is 0. The highest BCUT2D eigenvalue weighted by atomic mass is 16.6. The molecule has 1 atom stereocenters. The molecule has 0 saturated carbocycles. The quantitative estimate of drug-likeness (QED) is 0.0623. The fourth-order valence-electron chi connectivity index (χ4n) is 4.19. The average molecular weight is 651 g/mol. The Balaban J connectivity index is 3.20.